The van der Waals surface area contributed by atoms with Crippen LogP contribution in [-0.2, 0) is 16.0 Å². The van der Waals surface area contributed by atoms with Crippen LogP contribution >= 0.6 is 0 Å². The molecule has 0 aliphatic heterocycles. The largest absolute Gasteiger partial charge is 0.493 e. The third kappa shape index (κ3) is 3.13. The van der Waals surface area contributed by atoms with Gasteiger partial charge in [0.25, 0.3) is 0 Å². The van der Waals surface area contributed by atoms with E-state index in [0.717, 1.165) is 5.56 Å². The van der Waals surface area contributed by atoms with E-state index in [9.17, 15) is 4.79 Å². The number of rotatable bonds is 6. The fourth-order valence-corrected chi connectivity index (χ4v) is 1.81. The van der Waals surface area contributed by atoms with Gasteiger partial charge in [0, 0.05) is 6.54 Å². The van der Waals surface area contributed by atoms with Crippen molar-refractivity contribution < 1.29 is 19.0 Å². The van der Waals surface area contributed by atoms with Gasteiger partial charge < -0.3 is 19.9 Å². The maximum absolute atomic E-state index is 11.5. The van der Waals surface area contributed by atoms with Gasteiger partial charge in [-0.05, 0) is 18.1 Å². The SMILES string of the molecule is COC(=O)C(CN)Cc1cccc(OC)c1OC. The summed E-state index contributed by atoms with van der Waals surface area (Å²) in [5, 5.41) is 0. The van der Waals surface area contributed by atoms with Crippen LogP contribution in [0.4, 0.5) is 0 Å². The highest BCUT2D eigenvalue weighted by Crippen LogP contribution is 2.32. The van der Waals surface area contributed by atoms with E-state index in [1.165, 1.54) is 7.11 Å². The summed E-state index contributed by atoms with van der Waals surface area (Å²) in [4.78, 5) is 11.5. The number of hydrogen-bond donors (Lipinski definition) is 1. The zero-order chi connectivity index (χ0) is 13.5. The highest BCUT2D eigenvalue weighted by molar-refractivity contribution is 5.73. The van der Waals surface area contributed by atoms with Gasteiger partial charge in [-0.3, -0.25) is 4.79 Å². The highest BCUT2D eigenvalue weighted by atomic mass is 16.5. The Bertz CT molecular complexity index is 406. The first-order valence-corrected chi connectivity index (χ1v) is 5.65. The van der Waals surface area contributed by atoms with Gasteiger partial charge in [0.2, 0.25) is 0 Å². The standard InChI is InChI=1S/C13H19NO4/c1-16-11-6-4-5-9(12(11)17-2)7-10(8-14)13(15)18-3/h4-6,10H,7-8,14H2,1-3H3. The quantitative estimate of drug-likeness (QED) is 0.766. The van der Waals surface area contributed by atoms with Crippen LogP contribution in [0.5, 0.6) is 11.5 Å². The maximum atomic E-state index is 11.5. The summed E-state index contributed by atoms with van der Waals surface area (Å²) in [6, 6.07) is 5.53. The number of carbonyl (C=O) groups is 1. The zero-order valence-corrected chi connectivity index (χ0v) is 10.9. The average Bonchev–Trinajstić information content (AvgIpc) is 2.43. The third-order valence-corrected chi connectivity index (χ3v) is 2.77. The molecular weight excluding hydrogens is 234 g/mol. The van der Waals surface area contributed by atoms with Gasteiger partial charge >= 0.3 is 5.97 Å². The van der Waals surface area contributed by atoms with Gasteiger partial charge in [-0.15, -0.1) is 0 Å². The molecule has 0 aliphatic rings. The Labute approximate surface area is 107 Å². The molecule has 0 radical (unpaired) electrons. The van der Waals surface area contributed by atoms with Crippen LogP contribution < -0.4 is 15.2 Å². The van der Waals surface area contributed by atoms with Crippen molar-refractivity contribution in [2.75, 3.05) is 27.9 Å². The van der Waals surface area contributed by atoms with Gasteiger partial charge in [0.05, 0.1) is 27.2 Å². The van der Waals surface area contributed by atoms with Gasteiger partial charge in [0.1, 0.15) is 0 Å². The molecule has 1 unspecified atom stereocenters. The molecule has 5 nitrogen and oxygen atoms in total. The molecular formula is C13H19NO4. The Morgan fingerprint density at radius 1 is 1.28 bits per heavy atom. The Kier molecular flexibility index (Phi) is 5.45. The normalized spacial score (nSPS) is 11.8. The summed E-state index contributed by atoms with van der Waals surface area (Å²) < 4.78 is 15.2. The van der Waals surface area contributed by atoms with Gasteiger partial charge in [-0.2, -0.15) is 0 Å². The summed E-state index contributed by atoms with van der Waals surface area (Å²) in [5.74, 6) is 0.566. The van der Waals surface area contributed by atoms with Crippen molar-refractivity contribution in [1.29, 1.82) is 0 Å². The second-order valence-corrected chi connectivity index (χ2v) is 3.81. The van der Waals surface area contributed by atoms with Crippen molar-refractivity contribution in [3.63, 3.8) is 0 Å². The van der Waals surface area contributed by atoms with Crippen LogP contribution in [0.1, 0.15) is 5.56 Å². The minimum absolute atomic E-state index is 0.229. The van der Waals surface area contributed by atoms with Crippen molar-refractivity contribution in [3.8, 4) is 11.5 Å². The molecule has 1 aromatic carbocycles. The van der Waals surface area contributed by atoms with E-state index >= 15 is 0 Å². The fourth-order valence-electron chi connectivity index (χ4n) is 1.81. The lowest BCUT2D eigenvalue weighted by Gasteiger charge is -2.16. The molecule has 100 valence electrons. The van der Waals surface area contributed by atoms with Crippen LogP contribution in [0, 0.1) is 5.92 Å². The van der Waals surface area contributed by atoms with Gasteiger partial charge in [-0.1, -0.05) is 12.1 Å². The summed E-state index contributed by atoms with van der Waals surface area (Å²) in [5.41, 5.74) is 6.46. The summed E-state index contributed by atoms with van der Waals surface area (Å²) in [7, 11) is 4.49. The molecule has 0 amide bonds. The van der Waals surface area contributed by atoms with Crippen molar-refractivity contribution in [3.05, 3.63) is 23.8 Å². The van der Waals surface area contributed by atoms with E-state index in [2.05, 4.69) is 0 Å². The molecule has 0 aromatic heterocycles. The lowest BCUT2D eigenvalue weighted by Crippen LogP contribution is -2.27. The molecule has 0 saturated carbocycles. The van der Waals surface area contributed by atoms with E-state index in [0.29, 0.717) is 17.9 Å². The maximum Gasteiger partial charge on any atom is 0.310 e. The van der Waals surface area contributed by atoms with Crippen LogP contribution in [0.2, 0.25) is 0 Å². The first-order chi connectivity index (χ1) is 8.67. The number of para-hydroxylation sites is 1. The second kappa shape index (κ2) is 6.86. The molecule has 0 bridgehead atoms. The first-order valence-electron chi connectivity index (χ1n) is 5.65. The summed E-state index contributed by atoms with van der Waals surface area (Å²) in [6.07, 6.45) is 0.462. The monoisotopic (exact) mass is 253 g/mol. The molecule has 1 aromatic rings. The molecule has 5 heteroatoms. The Hall–Kier alpha value is -1.75. The van der Waals surface area contributed by atoms with Crippen LogP contribution in [0.3, 0.4) is 0 Å². The fraction of sp³-hybridized carbons (Fsp3) is 0.462. The molecule has 1 rings (SSSR count). The lowest BCUT2D eigenvalue weighted by atomic mass is 9.98. The van der Waals surface area contributed by atoms with Crippen molar-refractivity contribution in [2.24, 2.45) is 11.7 Å². The van der Waals surface area contributed by atoms with Crippen molar-refractivity contribution >= 4 is 5.97 Å². The van der Waals surface area contributed by atoms with E-state index in [-0.39, 0.29) is 18.4 Å². The van der Waals surface area contributed by atoms with Gasteiger partial charge in [0.15, 0.2) is 11.5 Å². The molecule has 18 heavy (non-hydrogen) atoms. The Balaban J connectivity index is 2.98. The Morgan fingerprint density at radius 3 is 2.50 bits per heavy atom. The average molecular weight is 253 g/mol. The summed E-state index contributed by atoms with van der Waals surface area (Å²) in [6.45, 7) is 0.229. The number of esters is 1. The number of methoxy groups -OCH3 is 3. The number of carbonyl (C=O) groups excluding carboxylic acids is 1. The van der Waals surface area contributed by atoms with Crippen LogP contribution in [0.25, 0.3) is 0 Å². The van der Waals surface area contributed by atoms with E-state index in [1.54, 1.807) is 20.3 Å². The predicted molar refractivity (Wildman–Crippen MR) is 67.8 cm³/mol. The lowest BCUT2D eigenvalue weighted by molar-refractivity contribution is -0.145. The van der Waals surface area contributed by atoms with Crippen LogP contribution in [0.15, 0.2) is 18.2 Å². The zero-order valence-electron chi connectivity index (χ0n) is 10.9. The number of nitrogens with two attached hydrogens (primary N) is 1. The molecule has 0 fully saturated rings. The number of ether oxygens (including phenoxy) is 3. The third-order valence-electron chi connectivity index (χ3n) is 2.77. The topological polar surface area (TPSA) is 70.8 Å². The molecule has 0 saturated heterocycles. The Morgan fingerprint density at radius 2 is 2.00 bits per heavy atom. The second-order valence-electron chi connectivity index (χ2n) is 3.81. The van der Waals surface area contributed by atoms with Gasteiger partial charge in [-0.25, -0.2) is 0 Å². The van der Waals surface area contributed by atoms with E-state index in [4.69, 9.17) is 19.9 Å². The van der Waals surface area contributed by atoms with E-state index in [1.807, 2.05) is 12.1 Å². The first kappa shape index (κ1) is 14.3. The van der Waals surface area contributed by atoms with Crippen LogP contribution in [-0.4, -0.2) is 33.8 Å². The molecule has 1 atom stereocenters. The minimum atomic E-state index is -0.379. The molecule has 0 heterocycles. The van der Waals surface area contributed by atoms with Crippen molar-refractivity contribution in [2.45, 2.75) is 6.42 Å². The summed E-state index contributed by atoms with van der Waals surface area (Å²) >= 11 is 0. The predicted octanol–water partition coefficient (Wildman–Crippen LogP) is 0.994. The molecule has 2 N–H and O–H groups in total. The highest BCUT2D eigenvalue weighted by Gasteiger charge is 2.21. The molecule has 0 aliphatic carbocycles. The van der Waals surface area contributed by atoms with E-state index < -0.39 is 0 Å². The minimum Gasteiger partial charge on any atom is -0.493 e. The smallest absolute Gasteiger partial charge is 0.310 e. The van der Waals surface area contributed by atoms with Crippen molar-refractivity contribution in [1.82, 2.24) is 0 Å². The number of benzene rings is 1. The number of hydrogen-bond acceptors (Lipinski definition) is 5. The molecule has 0 spiro atoms.